The maximum atomic E-state index is 16.3. The van der Waals surface area contributed by atoms with Gasteiger partial charge in [0.1, 0.15) is 5.75 Å². The van der Waals surface area contributed by atoms with Crippen LogP contribution in [-0.4, -0.2) is 62.5 Å². The number of carbonyl (C=O) groups is 3. The van der Waals surface area contributed by atoms with E-state index < -0.39 is 31.6 Å². The molecular formula is C40H44FN3O6Si. The lowest BCUT2D eigenvalue weighted by Gasteiger charge is -2.31. The van der Waals surface area contributed by atoms with Crippen LogP contribution in [0.3, 0.4) is 0 Å². The van der Waals surface area contributed by atoms with Crippen molar-refractivity contribution in [1.29, 1.82) is 0 Å². The number of hydrogen-bond donors (Lipinski definition) is 2. The smallest absolute Gasteiger partial charge is 0.264 e. The number of amides is 3. The van der Waals surface area contributed by atoms with Crippen molar-refractivity contribution >= 4 is 37.5 Å². The fraction of sp³-hybridized carbons (Fsp3) is 0.325. The van der Waals surface area contributed by atoms with Crippen LogP contribution in [0.15, 0.2) is 103 Å². The minimum Gasteiger partial charge on any atom is -0.497 e. The van der Waals surface area contributed by atoms with Crippen LogP contribution in [-0.2, 0) is 33.0 Å². The number of halogens is 1. The van der Waals surface area contributed by atoms with E-state index in [1.807, 2.05) is 73.7 Å². The minimum absolute atomic E-state index is 0.108. The molecule has 11 heteroatoms. The number of carbonyl (C=O) groups excluding carboxylic acids is 3. The normalized spacial score (nSPS) is 21.1. The number of aliphatic hydroxyl groups excluding tert-OH is 1. The molecule has 1 spiro atoms. The van der Waals surface area contributed by atoms with Gasteiger partial charge < -0.3 is 33.8 Å². The van der Waals surface area contributed by atoms with Gasteiger partial charge in [-0.25, -0.2) is 0 Å². The molecule has 1 saturated heterocycles. The summed E-state index contributed by atoms with van der Waals surface area (Å²) in [6.45, 7) is 5.54. The van der Waals surface area contributed by atoms with E-state index in [-0.39, 0.29) is 43.8 Å². The highest BCUT2D eigenvalue weighted by Crippen LogP contribution is 2.60. The number of nitrogens with one attached hydrogen (secondary N) is 1. The number of fused-ring (bicyclic) bond motifs is 2. The molecule has 2 N–H and O–H groups in total. The van der Waals surface area contributed by atoms with Gasteiger partial charge >= 0.3 is 0 Å². The second-order valence-corrected chi connectivity index (χ2v) is 17.6. The average Bonchev–Trinajstić information content (AvgIpc) is 3.55. The highest BCUT2D eigenvalue weighted by atomic mass is 28.4. The third kappa shape index (κ3) is 7.19. The fourth-order valence-electron chi connectivity index (χ4n) is 7.70. The van der Waals surface area contributed by atoms with Crippen molar-refractivity contribution < 1.29 is 33.1 Å². The highest BCUT2D eigenvalue weighted by molar-refractivity contribution is 6.72. The summed E-state index contributed by atoms with van der Waals surface area (Å²) >= 11 is 0. The van der Waals surface area contributed by atoms with Crippen LogP contribution >= 0.6 is 0 Å². The summed E-state index contributed by atoms with van der Waals surface area (Å²) in [4.78, 5) is 44.6. The van der Waals surface area contributed by atoms with Crippen molar-refractivity contribution in [3.8, 4) is 5.75 Å². The topological polar surface area (TPSA) is 108 Å². The van der Waals surface area contributed by atoms with Crippen molar-refractivity contribution in [2.45, 2.75) is 56.8 Å². The van der Waals surface area contributed by atoms with E-state index in [9.17, 15) is 19.5 Å². The number of benzene rings is 4. The van der Waals surface area contributed by atoms with Crippen LogP contribution in [0.5, 0.6) is 5.75 Å². The molecule has 4 atom stereocenters. The van der Waals surface area contributed by atoms with Crippen LogP contribution in [0.2, 0.25) is 18.6 Å². The van der Waals surface area contributed by atoms with Gasteiger partial charge in [-0.3, -0.25) is 14.4 Å². The van der Waals surface area contributed by atoms with E-state index in [1.165, 1.54) is 0 Å². The monoisotopic (exact) mass is 709 g/mol. The quantitative estimate of drug-likeness (QED) is 0.126. The molecule has 0 aliphatic carbocycles. The lowest BCUT2D eigenvalue weighted by Crippen LogP contribution is -2.45. The van der Waals surface area contributed by atoms with Crippen molar-refractivity contribution in [1.82, 2.24) is 4.90 Å². The molecule has 6 rings (SSSR count). The number of para-hydroxylation sites is 1. The number of nitrogens with zero attached hydrogens (tertiary/aromatic N) is 2. The second kappa shape index (κ2) is 14.8. The first-order chi connectivity index (χ1) is 24.5. The average molecular weight is 710 g/mol. The van der Waals surface area contributed by atoms with Gasteiger partial charge in [0.15, 0.2) is 5.60 Å². The SMILES string of the molecule is COc1ccc(C(=O)Nc2ccc(CN3C(=O)[C@@]4(O[C@@H](CC(=O)N(CCO)Cc5ccccc5)[C@H]([Si](C)(C)F)[C@H]4C)c4ccccc43)cc2)cc1. The molecule has 0 aromatic heterocycles. The molecule has 0 bridgehead atoms. The van der Waals surface area contributed by atoms with Gasteiger partial charge in [-0.1, -0.05) is 67.6 Å². The lowest BCUT2D eigenvalue weighted by atomic mass is 9.82. The van der Waals surface area contributed by atoms with Crippen LogP contribution in [0.25, 0.3) is 0 Å². The molecule has 3 amide bonds. The zero-order chi connectivity index (χ0) is 36.3. The molecule has 2 aliphatic heterocycles. The van der Waals surface area contributed by atoms with Gasteiger partial charge in [0.25, 0.3) is 11.8 Å². The predicted octanol–water partition coefficient (Wildman–Crippen LogP) is 6.68. The number of anilines is 2. The molecule has 4 aromatic carbocycles. The largest absolute Gasteiger partial charge is 0.497 e. The molecule has 0 unspecified atom stereocenters. The highest BCUT2D eigenvalue weighted by Gasteiger charge is 2.67. The Labute approximate surface area is 299 Å². The Morgan fingerprint density at radius 3 is 2.27 bits per heavy atom. The van der Waals surface area contributed by atoms with Crippen LogP contribution < -0.4 is 15.0 Å². The van der Waals surface area contributed by atoms with Gasteiger partial charge in [-0.2, -0.15) is 0 Å². The van der Waals surface area contributed by atoms with Crippen LogP contribution in [0.1, 0.15) is 40.4 Å². The van der Waals surface area contributed by atoms with Crippen molar-refractivity contribution in [2.24, 2.45) is 5.92 Å². The second-order valence-electron chi connectivity index (χ2n) is 13.8. The summed E-state index contributed by atoms with van der Waals surface area (Å²) in [7, 11) is -1.92. The van der Waals surface area contributed by atoms with E-state index >= 15 is 4.11 Å². The fourth-order valence-corrected chi connectivity index (χ4v) is 10.2. The summed E-state index contributed by atoms with van der Waals surface area (Å²) in [5.41, 5.74) is 2.08. The number of aliphatic hydroxyl groups is 1. The number of rotatable bonds is 12. The molecule has 4 aromatic rings. The van der Waals surface area contributed by atoms with Gasteiger partial charge in [-0.15, -0.1) is 0 Å². The molecule has 9 nitrogen and oxygen atoms in total. The van der Waals surface area contributed by atoms with Gasteiger partial charge in [-0.05, 0) is 66.7 Å². The first kappa shape index (κ1) is 36.0. The van der Waals surface area contributed by atoms with Gasteiger partial charge in [0, 0.05) is 41.4 Å². The number of ether oxygens (including phenoxy) is 2. The summed E-state index contributed by atoms with van der Waals surface area (Å²) < 4.78 is 28.3. The van der Waals surface area contributed by atoms with E-state index in [4.69, 9.17) is 9.47 Å². The molecular weight excluding hydrogens is 666 g/mol. The maximum Gasteiger partial charge on any atom is 0.264 e. The van der Waals surface area contributed by atoms with Crippen LogP contribution in [0, 0.1) is 5.92 Å². The molecule has 0 radical (unpaired) electrons. The third-order valence-electron chi connectivity index (χ3n) is 10.1. The zero-order valence-corrected chi connectivity index (χ0v) is 30.3. The van der Waals surface area contributed by atoms with E-state index in [1.54, 1.807) is 66.4 Å². The van der Waals surface area contributed by atoms with Crippen LogP contribution in [0.4, 0.5) is 15.5 Å². The predicted molar refractivity (Wildman–Crippen MR) is 197 cm³/mol. The maximum absolute atomic E-state index is 16.3. The van der Waals surface area contributed by atoms with E-state index in [2.05, 4.69) is 5.32 Å². The first-order valence-electron chi connectivity index (χ1n) is 17.2. The molecule has 51 heavy (non-hydrogen) atoms. The minimum atomic E-state index is -3.49. The lowest BCUT2D eigenvalue weighted by molar-refractivity contribution is -0.150. The zero-order valence-electron chi connectivity index (χ0n) is 29.3. The Balaban J connectivity index is 1.23. The standard InChI is InChI=1S/C40H44FN3O6Si/c1-27-37(51(3,4)41)35(24-36(46)43(22-23-45)25-28-10-6-5-7-11-28)50-40(27)33-12-8-9-13-34(33)44(39(40)48)26-29-14-18-31(19-15-29)42-38(47)30-16-20-32(49-2)21-17-30/h5-21,27,35,37,45H,22-26H2,1-4H3,(H,42,47)/t27-,35+,37-,40+/m1/s1. The Hall–Kier alpha value is -4.84. The molecule has 0 saturated carbocycles. The summed E-state index contributed by atoms with van der Waals surface area (Å²) in [5, 5.41) is 12.7. The van der Waals surface area contributed by atoms with E-state index in [0.29, 0.717) is 34.8 Å². The Kier molecular flexibility index (Phi) is 10.4. The summed E-state index contributed by atoms with van der Waals surface area (Å²) in [5.74, 6) is -0.698. The first-order valence-corrected chi connectivity index (χ1v) is 20.2. The van der Waals surface area contributed by atoms with Gasteiger partial charge in [0.05, 0.1) is 38.5 Å². The summed E-state index contributed by atoms with van der Waals surface area (Å²) in [6.07, 6.45) is -0.940. The molecule has 2 heterocycles. The summed E-state index contributed by atoms with van der Waals surface area (Å²) in [6, 6.07) is 31.1. The number of hydrogen-bond acceptors (Lipinski definition) is 6. The van der Waals surface area contributed by atoms with Crippen molar-refractivity contribution in [3.05, 3.63) is 125 Å². The van der Waals surface area contributed by atoms with Gasteiger partial charge in [0.2, 0.25) is 14.3 Å². The number of methoxy groups -OCH3 is 1. The van der Waals surface area contributed by atoms with Crippen molar-refractivity contribution in [2.75, 3.05) is 30.5 Å². The Bertz CT molecular complexity index is 1870. The van der Waals surface area contributed by atoms with E-state index in [0.717, 1.165) is 11.1 Å². The molecule has 266 valence electrons. The third-order valence-corrected chi connectivity index (χ3v) is 12.5. The Morgan fingerprint density at radius 2 is 1.63 bits per heavy atom. The Morgan fingerprint density at radius 1 is 0.961 bits per heavy atom. The van der Waals surface area contributed by atoms with Crippen molar-refractivity contribution in [3.63, 3.8) is 0 Å². The molecule has 2 aliphatic rings. The molecule has 1 fully saturated rings.